The van der Waals surface area contributed by atoms with Gasteiger partial charge in [0.2, 0.25) is 5.91 Å². The van der Waals surface area contributed by atoms with Gasteiger partial charge in [0.05, 0.1) is 22.9 Å². The summed E-state index contributed by atoms with van der Waals surface area (Å²) in [6, 6.07) is 12.0. The molecule has 0 aliphatic carbocycles. The van der Waals surface area contributed by atoms with Gasteiger partial charge in [0.15, 0.2) is 5.78 Å². The highest BCUT2D eigenvalue weighted by Crippen LogP contribution is 2.45. The number of rotatable bonds is 7. The second-order valence-corrected chi connectivity index (χ2v) is 9.90. The average molecular weight is 517 g/mol. The predicted octanol–water partition coefficient (Wildman–Crippen LogP) is 3.13. The number of carbonyl (C=O) groups excluding carboxylic acids is 2. The number of nitrogens with two attached hydrogens (primary N) is 1. The molecule has 0 radical (unpaired) electrons. The van der Waals surface area contributed by atoms with Crippen molar-refractivity contribution in [1.29, 1.82) is 0 Å². The van der Waals surface area contributed by atoms with Crippen LogP contribution in [0.1, 0.15) is 48.3 Å². The highest BCUT2D eigenvalue weighted by molar-refractivity contribution is 5.98. The van der Waals surface area contributed by atoms with E-state index in [0.29, 0.717) is 39.2 Å². The number of nitrogens with zero attached hydrogens (tertiary/aromatic N) is 2. The summed E-state index contributed by atoms with van der Waals surface area (Å²) in [5.41, 5.74) is 5.47. The molecule has 2 aromatic heterocycles. The molecule has 38 heavy (non-hydrogen) atoms. The van der Waals surface area contributed by atoms with E-state index in [4.69, 9.17) is 10.5 Å². The van der Waals surface area contributed by atoms with Gasteiger partial charge in [-0.05, 0) is 68.8 Å². The third-order valence-corrected chi connectivity index (χ3v) is 7.02. The normalized spacial score (nSPS) is 18.0. The molecule has 1 amide bonds. The lowest BCUT2D eigenvalue weighted by atomic mass is 9.81. The van der Waals surface area contributed by atoms with E-state index in [2.05, 4.69) is 15.0 Å². The first kappa shape index (κ1) is 25.2. The Balaban J connectivity index is 1.49. The molecule has 0 saturated carbocycles. The number of nitrogens with one attached hydrogen (secondary N) is 1. The summed E-state index contributed by atoms with van der Waals surface area (Å²) in [6.07, 6.45) is 1.15. The van der Waals surface area contributed by atoms with E-state index in [1.54, 1.807) is 31.2 Å². The third kappa shape index (κ3) is 4.43. The number of ketones is 1. The fraction of sp³-hybridized carbons (Fsp3) is 0.250. The Labute approximate surface area is 216 Å². The molecule has 0 unspecified atom stereocenters. The van der Waals surface area contributed by atoms with Gasteiger partial charge in [-0.25, -0.2) is 14.4 Å². The largest absolute Gasteiger partial charge is 0.489 e. The first-order valence-corrected chi connectivity index (χ1v) is 12.0. The number of aromatic nitrogens is 3. The van der Waals surface area contributed by atoms with E-state index in [1.165, 1.54) is 37.4 Å². The average Bonchev–Trinajstić information content (AvgIpc) is 3.25. The van der Waals surface area contributed by atoms with E-state index >= 15 is 0 Å². The van der Waals surface area contributed by atoms with E-state index in [0.717, 1.165) is 0 Å². The van der Waals surface area contributed by atoms with Crippen LogP contribution in [0.5, 0.6) is 5.75 Å². The van der Waals surface area contributed by atoms with Crippen LogP contribution in [0.4, 0.5) is 4.39 Å². The number of hydrogen-bond acceptors (Lipinski definition) is 7. The predicted molar refractivity (Wildman–Crippen MR) is 137 cm³/mol. The number of H-pyrrole nitrogens is 1. The number of carbonyl (C=O) groups is 2. The molecule has 4 aromatic rings. The SMILES string of the molecule is C[C@](O)(CCC(=O)c1ccc2ncc(=O)[nH]c2c1)c1cc2c(c(-c3ccc(F)cc3)n1)OC[C@]2(C)C(N)=O. The zero-order valence-electron chi connectivity index (χ0n) is 20.7. The maximum Gasteiger partial charge on any atom is 0.266 e. The van der Waals surface area contributed by atoms with E-state index in [1.807, 2.05) is 0 Å². The number of pyridine rings is 1. The van der Waals surface area contributed by atoms with Crippen molar-refractivity contribution < 1.29 is 23.8 Å². The minimum absolute atomic E-state index is 0.00344. The van der Waals surface area contributed by atoms with Crippen molar-refractivity contribution in [3.8, 4) is 17.0 Å². The number of Topliss-reactive ketones (excluding diaryl/α,β-unsaturated/α-hetero) is 1. The molecule has 10 heteroatoms. The fourth-order valence-corrected chi connectivity index (χ4v) is 4.51. The monoisotopic (exact) mass is 516 g/mol. The smallest absolute Gasteiger partial charge is 0.266 e. The zero-order valence-corrected chi connectivity index (χ0v) is 20.7. The zero-order chi connectivity index (χ0) is 27.2. The molecule has 0 spiro atoms. The highest BCUT2D eigenvalue weighted by atomic mass is 19.1. The van der Waals surface area contributed by atoms with Gasteiger partial charge in [0.25, 0.3) is 5.56 Å². The molecule has 2 aromatic carbocycles. The van der Waals surface area contributed by atoms with Crippen molar-refractivity contribution in [3.05, 3.63) is 87.7 Å². The number of aliphatic hydroxyl groups is 1. The van der Waals surface area contributed by atoms with Crippen LogP contribution in [0.15, 0.2) is 59.5 Å². The Bertz CT molecular complexity index is 1650. The minimum atomic E-state index is -1.58. The van der Waals surface area contributed by atoms with Crippen molar-refractivity contribution in [2.24, 2.45) is 5.73 Å². The van der Waals surface area contributed by atoms with Gasteiger partial charge in [-0.15, -0.1) is 0 Å². The summed E-state index contributed by atoms with van der Waals surface area (Å²) in [5, 5.41) is 11.5. The quantitative estimate of drug-likeness (QED) is 0.320. The van der Waals surface area contributed by atoms with Crippen molar-refractivity contribution in [3.63, 3.8) is 0 Å². The topological polar surface area (TPSA) is 148 Å². The molecular formula is C28H25FN4O5. The first-order valence-electron chi connectivity index (χ1n) is 12.0. The van der Waals surface area contributed by atoms with E-state index in [9.17, 15) is 23.9 Å². The molecule has 1 aliphatic heterocycles. The summed E-state index contributed by atoms with van der Waals surface area (Å²) >= 11 is 0. The van der Waals surface area contributed by atoms with Crippen LogP contribution in [0.2, 0.25) is 0 Å². The highest BCUT2D eigenvalue weighted by Gasteiger charge is 2.45. The second kappa shape index (κ2) is 9.14. The number of hydrogen-bond donors (Lipinski definition) is 3. The van der Waals surface area contributed by atoms with Gasteiger partial charge in [-0.1, -0.05) is 0 Å². The van der Waals surface area contributed by atoms with Crippen LogP contribution in [-0.4, -0.2) is 38.4 Å². The maximum atomic E-state index is 13.6. The van der Waals surface area contributed by atoms with Gasteiger partial charge in [-0.3, -0.25) is 14.4 Å². The molecule has 0 saturated heterocycles. The van der Waals surface area contributed by atoms with Crippen LogP contribution in [0.3, 0.4) is 0 Å². The lowest BCUT2D eigenvalue weighted by Crippen LogP contribution is -2.40. The van der Waals surface area contributed by atoms with Crippen LogP contribution in [0.25, 0.3) is 22.3 Å². The van der Waals surface area contributed by atoms with Crippen molar-refractivity contribution in [1.82, 2.24) is 15.0 Å². The van der Waals surface area contributed by atoms with Crippen LogP contribution in [0, 0.1) is 5.82 Å². The summed E-state index contributed by atoms with van der Waals surface area (Å²) in [5.74, 6) is -0.935. The molecular weight excluding hydrogens is 491 g/mol. The summed E-state index contributed by atoms with van der Waals surface area (Å²) in [7, 11) is 0. The third-order valence-electron chi connectivity index (χ3n) is 7.02. The Morgan fingerprint density at radius 1 is 1.21 bits per heavy atom. The van der Waals surface area contributed by atoms with Crippen LogP contribution < -0.4 is 16.0 Å². The summed E-state index contributed by atoms with van der Waals surface area (Å²) in [6.45, 7) is 3.18. The summed E-state index contributed by atoms with van der Waals surface area (Å²) in [4.78, 5) is 48.3. The molecule has 0 fully saturated rings. The van der Waals surface area contributed by atoms with Gasteiger partial charge < -0.3 is 20.6 Å². The lowest BCUT2D eigenvalue weighted by molar-refractivity contribution is -0.123. The fourth-order valence-electron chi connectivity index (χ4n) is 4.51. The molecule has 0 bridgehead atoms. The van der Waals surface area contributed by atoms with Gasteiger partial charge in [-0.2, -0.15) is 0 Å². The number of aromatic amines is 1. The minimum Gasteiger partial charge on any atom is -0.489 e. The standard InChI is InChI=1S/C28H25FN4O5/c1-27(26(30)36)14-38-25-18(27)12-22(33-24(25)15-3-6-17(29)7-4-15)28(2,37)10-9-21(34)16-5-8-19-20(11-16)32-23(35)13-31-19/h3-8,11-13,37H,9-10,14H2,1-2H3,(H2,30,36)(H,32,35)/t27-,28-/m0/s1. The number of fused-ring (bicyclic) bond motifs is 2. The molecule has 3 heterocycles. The molecule has 1 aliphatic rings. The number of ether oxygens (including phenoxy) is 1. The molecule has 194 valence electrons. The van der Waals surface area contributed by atoms with Crippen molar-refractivity contribution in [2.75, 3.05) is 6.61 Å². The number of benzene rings is 2. The Morgan fingerprint density at radius 2 is 1.95 bits per heavy atom. The number of halogens is 1. The maximum absolute atomic E-state index is 13.6. The van der Waals surface area contributed by atoms with Gasteiger partial charge in [0.1, 0.15) is 34.9 Å². The molecule has 5 rings (SSSR count). The van der Waals surface area contributed by atoms with Crippen LogP contribution >= 0.6 is 0 Å². The summed E-state index contributed by atoms with van der Waals surface area (Å²) < 4.78 is 19.4. The molecule has 9 nitrogen and oxygen atoms in total. The van der Waals surface area contributed by atoms with Crippen LogP contribution in [-0.2, 0) is 15.8 Å². The molecule has 4 N–H and O–H groups in total. The number of amides is 1. The van der Waals surface area contributed by atoms with E-state index in [-0.39, 0.29) is 36.5 Å². The van der Waals surface area contributed by atoms with Gasteiger partial charge >= 0.3 is 0 Å². The Morgan fingerprint density at radius 3 is 2.66 bits per heavy atom. The first-order chi connectivity index (χ1) is 18.0. The Kier molecular flexibility index (Phi) is 6.07. The molecule has 2 atom stereocenters. The van der Waals surface area contributed by atoms with Crippen molar-refractivity contribution in [2.45, 2.75) is 37.7 Å². The lowest BCUT2D eigenvalue weighted by Gasteiger charge is -2.26. The van der Waals surface area contributed by atoms with E-state index < -0.39 is 22.7 Å². The number of primary amides is 1. The van der Waals surface area contributed by atoms with Crippen molar-refractivity contribution >= 4 is 22.7 Å². The van der Waals surface area contributed by atoms with Gasteiger partial charge in [0, 0.05) is 23.1 Å². The second-order valence-electron chi connectivity index (χ2n) is 9.90. The Hall–Kier alpha value is -4.44.